The van der Waals surface area contributed by atoms with E-state index in [1.54, 1.807) is 0 Å². The van der Waals surface area contributed by atoms with E-state index in [0.29, 0.717) is 6.54 Å². The first kappa shape index (κ1) is 12.4. The van der Waals surface area contributed by atoms with Crippen LogP contribution in [0.5, 0.6) is 0 Å². The average Bonchev–Trinajstić information content (AvgIpc) is 2.57. The molecule has 0 radical (unpaired) electrons. The first-order valence-corrected chi connectivity index (χ1v) is 6.40. The van der Waals surface area contributed by atoms with Crippen LogP contribution in [0.15, 0.2) is 6.07 Å². The Balaban J connectivity index is 2.51. The summed E-state index contributed by atoms with van der Waals surface area (Å²) in [6.07, 6.45) is 2.51. The second-order valence-corrected chi connectivity index (χ2v) is 5.62. The van der Waals surface area contributed by atoms with Crippen molar-refractivity contribution in [2.45, 2.75) is 52.6 Å². The van der Waals surface area contributed by atoms with Gasteiger partial charge in [0.2, 0.25) is 0 Å². The molecule has 0 aromatic carbocycles. The van der Waals surface area contributed by atoms with Crippen molar-refractivity contribution in [2.75, 3.05) is 11.4 Å². The van der Waals surface area contributed by atoms with Gasteiger partial charge in [0.1, 0.15) is 0 Å². The van der Waals surface area contributed by atoms with Gasteiger partial charge in [-0.05, 0) is 46.6 Å². The van der Waals surface area contributed by atoms with Gasteiger partial charge in [-0.3, -0.25) is 4.98 Å². The van der Waals surface area contributed by atoms with Crippen LogP contribution in [-0.2, 0) is 6.54 Å². The van der Waals surface area contributed by atoms with Gasteiger partial charge in [0.05, 0.1) is 0 Å². The van der Waals surface area contributed by atoms with Crippen molar-refractivity contribution in [1.82, 2.24) is 4.98 Å². The van der Waals surface area contributed by atoms with Crippen molar-refractivity contribution < 1.29 is 0 Å². The minimum Gasteiger partial charge on any atom is -0.366 e. The van der Waals surface area contributed by atoms with Crippen molar-refractivity contribution >= 4 is 5.69 Å². The van der Waals surface area contributed by atoms with E-state index in [-0.39, 0.29) is 5.54 Å². The zero-order valence-corrected chi connectivity index (χ0v) is 11.4. The Morgan fingerprint density at radius 1 is 1.41 bits per heavy atom. The van der Waals surface area contributed by atoms with Crippen LogP contribution in [-0.4, -0.2) is 17.1 Å². The molecule has 2 heterocycles. The van der Waals surface area contributed by atoms with Gasteiger partial charge in [0.25, 0.3) is 0 Å². The smallest absolute Gasteiger partial charge is 0.0452 e. The number of nitrogens with zero attached hydrogens (tertiary/aromatic N) is 2. The van der Waals surface area contributed by atoms with Crippen LogP contribution in [0.3, 0.4) is 0 Å². The second kappa shape index (κ2) is 4.30. The molecule has 0 amide bonds. The monoisotopic (exact) mass is 233 g/mol. The third kappa shape index (κ3) is 2.16. The molecule has 1 saturated heterocycles. The molecule has 1 aromatic heterocycles. The lowest BCUT2D eigenvalue weighted by atomic mass is 10.00. The Labute approximate surface area is 104 Å². The van der Waals surface area contributed by atoms with E-state index in [0.717, 1.165) is 17.9 Å². The molecule has 0 unspecified atom stereocenters. The van der Waals surface area contributed by atoms with E-state index in [4.69, 9.17) is 5.73 Å². The lowest BCUT2D eigenvalue weighted by molar-refractivity contribution is 0.516. The van der Waals surface area contributed by atoms with Crippen molar-refractivity contribution in [2.24, 2.45) is 5.73 Å². The Bertz CT molecular complexity index is 424. The van der Waals surface area contributed by atoms with Crippen LogP contribution in [0.1, 0.15) is 43.6 Å². The quantitative estimate of drug-likeness (QED) is 0.853. The average molecular weight is 233 g/mol. The molecule has 94 valence electrons. The SMILES string of the molecule is Cc1cc(N2CCCC2(C)C)c(CN)c(C)n1. The van der Waals surface area contributed by atoms with Gasteiger partial charge in [-0.25, -0.2) is 0 Å². The fourth-order valence-electron chi connectivity index (χ4n) is 2.88. The van der Waals surface area contributed by atoms with E-state index in [9.17, 15) is 0 Å². The second-order valence-electron chi connectivity index (χ2n) is 5.62. The fourth-order valence-corrected chi connectivity index (χ4v) is 2.88. The number of nitrogens with two attached hydrogens (primary N) is 1. The van der Waals surface area contributed by atoms with E-state index in [1.165, 1.54) is 24.1 Å². The molecule has 1 fully saturated rings. The van der Waals surface area contributed by atoms with Crippen molar-refractivity contribution in [3.05, 3.63) is 23.0 Å². The Morgan fingerprint density at radius 2 is 2.12 bits per heavy atom. The zero-order chi connectivity index (χ0) is 12.6. The number of hydrogen-bond donors (Lipinski definition) is 1. The van der Waals surface area contributed by atoms with Gasteiger partial charge in [-0.1, -0.05) is 0 Å². The molecule has 2 N–H and O–H groups in total. The van der Waals surface area contributed by atoms with E-state index >= 15 is 0 Å². The van der Waals surface area contributed by atoms with Crippen LogP contribution in [0.25, 0.3) is 0 Å². The molecule has 0 bridgehead atoms. The van der Waals surface area contributed by atoms with Gasteiger partial charge in [0.15, 0.2) is 0 Å². The van der Waals surface area contributed by atoms with Gasteiger partial charge in [0, 0.05) is 41.3 Å². The maximum Gasteiger partial charge on any atom is 0.0452 e. The van der Waals surface area contributed by atoms with Crippen molar-refractivity contribution in [3.63, 3.8) is 0 Å². The summed E-state index contributed by atoms with van der Waals surface area (Å²) in [5.41, 5.74) is 10.8. The lowest BCUT2D eigenvalue weighted by Gasteiger charge is -2.35. The Kier molecular flexibility index (Phi) is 3.13. The summed E-state index contributed by atoms with van der Waals surface area (Å²) in [4.78, 5) is 7.01. The fraction of sp³-hybridized carbons (Fsp3) is 0.643. The van der Waals surface area contributed by atoms with Crippen molar-refractivity contribution in [3.8, 4) is 0 Å². The first-order chi connectivity index (χ1) is 7.95. The van der Waals surface area contributed by atoms with Gasteiger partial charge in [-0.2, -0.15) is 0 Å². The van der Waals surface area contributed by atoms with Gasteiger partial charge >= 0.3 is 0 Å². The summed E-state index contributed by atoms with van der Waals surface area (Å²) in [6, 6.07) is 2.18. The molecule has 0 spiro atoms. The number of aryl methyl sites for hydroxylation is 2. The highest BCUT2D eigenvalue weighted by Gasteiger charge is 2.33. The van der Waals surface area contributed by atoms with Crippen LogP contribution in [0.4, 0.5) is 5.69 Å². The third-order valence-corrected chi connectivity index (χ3v) is 3.83. The molecule has 3 nitrogen and oxygen atoms in total. The van der Waals surface area contributed by atoms with Crippen LogP contribution >= 0.6 is 0 Å². The zero-order valence-electron chi connectivity index (χ0n) is 11.4. The number of anilines is 1. The maximum atomic E-state index is 5.89. The number of aromatic nitrogens is 1. The lowest BCUT2D eigenvalue weighted by Crippen LogP contribution is -2.39. The third-order valence-electron chi connectivity index (χ3n) is 3.83. The maximum absolute atomic E-state index is 5.89. The van der Waals surface area contributed by atoms with Crippen LogP contribution in [0, 0.1) is 13.8 Å². The number of rotatable bonds is 2. The van der Waals surface area contributed by atoms with E-state index in [1.807, 2.05) is 0 Å². The molecule has 1 aliphatic heterocycles. The minimum absolute atomic E-state index is 0.240. The predicted molar refractivity (Wildman–Crippen MR) is 72.3 cm³/mol. The summed E-state index contributed by atoms with van der Waals surface area (Å²) in [5, 5.41) is 0. The van der Waals surface area contributed by atoms with Crippen LogP contribution in [0.2, 0.25) is 0 Å². The minimum atomic E-state index is 0.240. The molecular formula is C14H23N3. The summed E-state index contributed by atoms with van der Waals surface area (Å²) >= 11 is 0. The molecule has 1 aromatic rings. The largest absolute Gasteiger partial charge is 0.366 e. The highest BCUT2D eigenvalue weighted by atomic mass is 15.2. The molecule has 3 heteroatoms. The van der Waals surface area contributed by atoms with Crippen molar-refractivity contribution in [1.29, 1.82) is 0 Å². The highest BCUT2D eigenvalue weighted by Crippen LogP contribution is 2.36. The summed E-state index contributed by atoms with van der Waals surface area (Å²) < 4.78 is 0. The van der Waals surface area contributed by atoms with E-state index < -0.39 is 0 Å². The Hall–Kier alpha value is -1.09. The molecule has 1 aliphatic rings. The van der Waals surface area contributed by atoms with Gasteiger partial charge < -0.3 is 10.6 Å². The highest BCUT2D eigenvalue weighted by molar-refractivity contribution is 5.58. The molecule has 0 aliphatic carbocycles. The normalized spacial score (nSPS) is 18.8. The summed E-state index contributed by atoms with van der Waals surface area (Å²) in [5.74, 6) is 0. The number of pyridine rings is 1. The molecule has 0 saturated carbocycles. The molecule has 17 heavy (non-hydrogen) atoms. The standard InChI is InChI=1S/C14H23N3/c1-10-8-13(12(9-15)11(2)16-10)17-7-5-6-14(17,3)4/h8H,5-7,9,15H2,1-4H3. The predicted octanol–water partition coefficient (Wildman–Crippen LogP) is 2.54. The number of hydrogen-bond acceptors (Lipinski definition) is 3. The summed E-state index contributed by atoms with van der Waals surface area (Å²) in [6.45, 7) is 10.4. The Morgan fingerprint density at radius 3 is 2.65 bits per heavy atom. The topological polar surface area (TPSA) is 42.1 Å². The first-order valence-electron chi connectivity index (χ1n) is 6.40. The molecule has 0 atom stereocenters. The van der Waals surface area contributed by atoms with Gasteiger partial charge in [-0.15, -0.1) is 0 Å². The summed E-state index contributed by atoms with van der Waals surface area (Å²) in [7, 11) is 0. The molecule has 2 rings (SSSR count). The molecular weight excluding hydrogens is 210 g/mol. The van der Waals surface area contributed by atoms with Crippen LogP contribution < -0.4 is 10.6 Å². The van der Waals surface area contributed by atoms with E-state index in [2.05, 4.69) is 43.6 Å².